The van der Waals surface area contributed by atoms with Crippen molar-refractivity contribution in [2.45, 2.75) is 20.3 Å². The highest BCUT2D eigenvalue weighted by molar-refractivity contribution is 7.13. The molecule has 0 saturated carbocycles. The van der Waals surface area contributed by atoms with E-state index >= 15 is 0 Å². The number of nitrogens with one attached hydrogen (secondary N) is 1. The third kappa shape index (κ3) is 4.28. The Balaban J connectivity index is 1.59. The van der Waals surface area contributed by atoms with Crippen LogP contribution < -0.4 is 10.1 Å². The molecule has 1 heterocycles. The lowest BCUT2D eigenvalue weighted by Gasteiger charge is -2.12. The van der Waals surface area contributed by atoms with Crippen LogP contribution in [0, 0.1) is 13.8 Å². The second-order valence-corrected chi connectivity index (χ2v) is 6.82. The summed E-state index contributed by atoms with van der Waals surface area (Å²) < 4.78 is 5.77. The van der Waals surface area contributed by atoms with Crippen LogP contribution in [-0.2, 0) is 4.79 Å². The lowest BCUT2D eigenvalue weighted by atomic mass is 10.1. The van der Waals surface area contributed by atoms with Gasteiger partial charge < -0.3 is 10.1 Å². The Labute approximate surface area is 152 Å². The number of hydrogen-bond acceptors (Lipinski definition) is 3. The van der Waals surface area contributed by atoms with Crippen molar-refractivity contribution in [3.63, 3.8) is 0 Å². The van der Waals surface area contributed by atoms with Gasteiger partial charge in [-0.3, -0.25) is 4.79 Å². The average Bonchev–Trinajstić information content (AvgIpc) is 3.13. The molecule has 0 atom stereocenters. The van der Waals surface area contributed by atoms with Gasteiger partial charge in [0.05, 0.1) is 13.0 Å². The van der Waals surface area contributed by atoms with Gasteiger partial charge in [0.15, 0.2) is 0 Å². The maximum absolute atomic E-state index is 12.3. The summed E-state index contributed by atoms with van der Waals surface area (Å²) in [4.78, 5) is 13.4. The van der Waals surface area contributed by atoms with Gasteiger partial charge in [0.25, 0.3) is 0 Å². The molecule has 4 heteroatoms. The lowest BCUT2D eigenvalue weighted by molar-refractivity contribution is -0.116. The Hall–Kier alpha value is -2.59. The van der Waals surface area contributed by atoms with Gasteiger partial charge in [-0.15, -0.1) is 11.3 Å². The zero-order valence-electron chi connectivity index (χ0n) is 14.4. The molecule has 1 amide bonds. The minimum absolute atomic E-state index is 0.0469. The summed E-state index contributed by atoms with van der Waals surface area (Å²) in [5, 5.41) is 5.03. The first kappa shape index (κ1) is 17.2. The Kier molecular flexibility index (Phi) is 5.51. The van der Waals surface area contributed by atoms with Crippen molar-refractivity contribution in [1.29, 1.82) is 0 Å². The van der Waals surface area contributed by atoms with Crippen LogP contribution in [0.25, 0.3) is 10.4 Å². The average molecular weight is 351 g/mol. The second kappa shape index (κ2) is 7.99. The molecular weight excluding hydrogens is 330 g/mol. The molecule has 0 aliphatic carbocycles. The molecule has 0 unspecified atom stereocenters. The van der Waals surface area contributed by atoms with E-state index in [1.807, 2.05) is 54.8 Å². The van der Waals surface area contributed by atoms with Crippen molar-refractivity contribution >= 4 is 22.9 Å². The Bertz CT molecular complexity index is 856. The number of para-hydroxylation sites is 1. The predicted molar refractivity (Wildman–Crippen MR) is 104 cm³/mol. The Morgan fingerprint density at radius 2 is 1.88 bits per heavy atom. The number of amides is 1. The SMILES string of the molecule is Cc1cccc(OCCC(=O)Nc2ccccc2-c2cccs2)c1C. The molecule has 0 aliphatic rings. The van der Waals surface area contributed by atoms with E-state index in [1.165, 1.54) is 5.56 Å². The van der Waals surface area contributed by atoms with Crippen LogP contribution in [0.3, 0.4) is 0 Å². The van der Waals surface area contributed by atoms with Crippen molar-refractivity contribution in [2.75, 3.05) is 11.9 Å². The minimum atomic E-state index is -0.0469. The summed E-state index contributed by atoms with van der Waals surface area (Å²) in [6.45, 7) is 4.44. The number of thiophene rings is 1. The number of rotatable bonds is 6. The van der Waals surface area contributed by atoms with Crippen LogP contribution in [0.1, 0.15) is 17.5 Å². The fourth-order valence-corrected chi connectivity index (χ4v) is 3.35. The number of benzene rings is 2. The predicted octanol–water partition coefficient (Wildman–Crippen LogP) is 5.44. The molecule has 3 rings (SSSR count). The van der Waals surface area contributed by atoms with Crippen LogP contribution in [0.4, 0.5) is 5.69 Å². The first-order chi connectivity index (χ1) is 12.1. The lowest BCUT2D eigenvalue weighted by Crippen LogP contribution is -2.15. The molecule has 0 bridgehead atoms. The molecule has 2 aromatic carbocycles. The topological polar surface area (TPSA) is 38.3 Å². The summed E-state index contributed by atoms with van der Waals surface area (Å²) in [5.74, 6) is 0.793. The molecule has 0 aliphatic heterocycles. The van der Waals surface area contributed by atoms with Crippen LogP contribution in [0.5, 0.6) is 5.75 Å². The number of ether oxygens (including phenoxy) is 1. The van der Waals surface area contributed by atoms with Crippen molar-refractivity contribution in [2.24, 2.45) is 0 Å². The van der Waals surface area contributed by atoms with Gasteiger partial charge in [0.2, 0.25) is 5.91 Å². The van der Waals surface area contributed by atoms with E-state index in [9.17, 15) is 4.79 Å². The summed E-state index contributed by atoms with van der Waals surface area (Å²) in [5.41, 5.74) is 4.18. The highest BCUT2D eigenvalue weighted by Crippen LogP contribution is 2.31. The molecule has 1 aromatic heterocycles. The highest BCUT2D eigenvalue weighted by atomic mass is 32.1. The number of aryl methyl sites for hydroxylation is 1. The summed E-state index contributed by atoms with van der Waals surface area (Å²) in [7, 11) is 0. The highest BCUT2D eigenvalue weighted by Gasteiger charge is 2.09. The molecule has 0 fully saturated rings. The first-order valence-electron chi connectivity index (χ1n) is 8.27. The second-order valence-electron chi connectivity index (χ2n) is 5.87. The van der Waals surface area contributed by atoms with Crippen LogP contribution in [-0.4, -0.2) is 12.5 Å². The van der Waals surface area contributed by atoms with Crippen molar-refractivity contribution in [3.8, 4) is 16.2 Å². The molecule has 25 heavy (non-hydrogen) atoms. The molecule has 1 N–H and O–H groups in total. The van der Waals surface area contributed by atoms with E-state index in [-0.39, 0.29) is 5.91 Å². The molecule has 128 valence electrons. The molecule has 0 spiro atoms. The maximum atomic E-state index is 12.3. The van der Waals surface area contributed by atoms with Crippen molar-refractivity contribution in [1.82, 2.24) is 0 Å². The van der Waals surface area contributed by atoms with Gasteiger partial charge in [-0.2, -0.15) is 0 Å². The van der Waals surface area contributed by atoms with E-state index < -0.39 is 0 Å². The van der Waals surface area contributed by atoms with E-state index in [1.54, 1.807) is 11.3 Å². The smallest absolute Gasteiger partial charge is 0.227 e. The minimum Gasteiger partial charge on any atom is -0.493 e. The normalized spacial score (nSPS) is 10.5. The zero-order chi connectivity index (χ0) is 17.6. The third-order valence-electron chi connectivity index (χ3n) is 4.13. The molecule has 3 nitrogen and oxygen atoms in total. The van der Waals surface area contributed by atoms with E-state index in [2.05, 4.69) is 24.4 Å². The molecule has 0 saturated heterocycles. The van der Waals surface area contributed by atoms with Crippen molar-refractivity contribution < 1.29 is 9.53 Å². The third-order valence-corrected chi connectivity index (χ3v) is 5.03. The first-order valence-corrected chi connectivity index (χ1v) is 9.15. The maximum Gasteiger partial charge on any atom is 0.227 e. The fraction of sp³-hybridized carbons (Fsp3) is 0.190. The number of anilines is 1. The van der Waals surface area contributed by atoms with Crippen LogP contribution in [0.15, 0.2) is 60.0 Å². The number of carbonyl (C=O) groups excluding carboxylic acids is 1. The molecule has 0 radical (unpaired) electrons. The van der Waals surface area contributed by atoms with Crippen LogP contribution >= 0.6 is 11.3 Å². The summed E-state index contributed by atoms with van der Waals surface area (Å²) in [6.07, 6.45) is 0.312. The van der Waals surface area contributed by atoms with E-state index in [0.717, 1.165) is 27.4 Å². The van der Waals surface area contributed by atoms with Gasteiger partial charge >= 0.3 is 0 Å². The number of hydrogen-bond donors (Lipinski definition) is 1. The van der Waals surface area contributed by atoms with Crippen LogP contribution in [0.2, 0.25) is 0 Å². The van der Waals surface area contributed by atoms with Gasteiger partial charge in [-0.25, -0.2) is 0 Å². The fourth-order valence-electron chi connectivity index (χ4n) is 2.59. The Morgan fingerprint density at radius 1 is 1.04 bits per heavy atom. The quantitative estimate of drug-likeness (QED) is 0.642. The monoisotopic (exact) mass is 351 g/mol. The van der Waals surface area contributed by atoms with Crippen molar-refractivity contribution in [3.05, 3.63) is 71.1 Å². The van der Waals surface area contributed by atoms with Gasteiger partial charge in [-0.05, 0) is 48.6 Å². The standard InChI is InChI=1S/C21H21NO2S/c1-15-7-5-10-19(16(15)2)24-13-12-21(23)22-18-9-4-3-8-17(18)20-11-6-14-25-20/h3-11,14H,12-13H2,1-2H3,(H,22,23). The molecule has 3 aromatic rings. The summed E-state index contributed by atoms with van der Waals surface area (Å²) in [6, 6.07) is 17.9. The Morgan fingerprint density at radius 3 is 2.68 bits per heavy atom. The molecular formula is C21H21NO2S. The zero-order valence-corrected chi connectivity index (χ0v) is 15.2. The van der Waals surface area contributed by atoms with E-state index in [4.69, 9.17) is 4.74 Å². The van der Waals surface area contributed by atoms with Gasteiger partial charge in [0, 0.05) is 16.1 Å². The van der Waals surface area contributed by atoms with E-state index in [0.29, 0.717) is 13.0 Å². The number of carbonyl (C=O) groups is 1. The largest absolute Gasteiger partial charge is 0.493 e. The van der Waals surface area contributed by atoms with Gasteiger partial charge in [0.1, 0.15) is 5.75 Å². The van der Waals surface area contributed by atoms with Gasteiger partial charge in [-0.1, -0.05) is 36.4 Å². The summed E-state index contributed by atoms with van der Waals surface area (Å²) >= 11 is 1.66.